The standard InChI is InChI=1S/C36H62O4.C36H64O2/c1-3-5-13-20-30-27-32-26-25-29(19-15-9-7-11-17-23-35(37)38)33(22-16-10-8-12-18-24-36(39)40)34(32)28-31(30)21-14-6-4-2;1-4-7-10-13-16-21-26-33-31-30-32(25-20-12-9-6-3)34(27-22-17-14-11-8-5-2)35(33)28-23-18-15-19-24-29-36(37)38/h25-26,28-33H,3-24,27H2,1-2H3,(H,37,38)(H,39,40);30-31H,4-29H2,1-3H3,(H,37,38). The fraction of sp³-hybridized carbons (Fsp3) is 0.819. The fourth-order valence-corrected chi connectivity index (χ4v) is 13.3. The molecule has 6 nitrogen and oxygen atoms in total. The minimum Gasteiger partial charge on any atom is -0.481 e. The van der Waals surface area contributed by atoms with Crippen LogP contribution in [0.3, 0.4) is 0 Å². The lowest BCUT2D eigenvalue weighted by Crippen LogP contribution is -2.31. The molecule has 1 aromatic rings. The number of allylic oxidation sites excluding steroid dienone is 4. The number of aryl methyl sites for hydroxylation is 2. The Bertz CT molecular complexity index is 1690. The molecule has 0 fully saturated rings. The summed E-state index contributed by atoms with van der Waals surface area (Å²) in [6, 6.07) is 5.02. The summed E-state index contributed by atoms with van der Waals surface area (Å²) in [4.78, 5) is 32.4. The number of carbonyl (C=O) groups is 3. The topological polar surface area (TPSA) is 112 Å². The van der Waals surface area contributed by atoms with Gasteiger partial charge in [0, 0.05) is 19.3 Å². The zero-order valence-electron chi connectivity index (χ0n) is 52.0. The van der Waals surface area contributed by atoms with E-state index >= 15 is 0 Å². The number of aliphatic carboxylic acids is 3. The summed E-state index contributed by atoms with van der Waals surface area (Å²) < 4.78 is 0. The summed E-state index contributed by atoms with van der Waals surface area (Å²) in [5.74, 6) is 1.56. The van der Waals surface area contributed by atoms with E-state index in [1.807, 2.05) is 0 Å². The molecule has 5 atom stereocenters. The summed E-state index contributed by atoms with van der Waals surface area (Å²) in [5.41, 5.74) is 8.51. The summed E-state index contributed by atoms with van der Waals surface area (Å²) in [7, 11) is 0. The first kappa shape index (κ1) is 71.2. The molecule has 3 N–H and O–H groups in total. The average Bonchev–Trinajstić information content (AvgIpc) is 3.46. The number of benzene rings is 1. The molecule has 1 aromatic carbocycles. The highest BCUT2D eigenvalue weighted by Crippen LogP contribution is 2.48. The third-order valence-electron chi connectivity index (χ3n) is 18.0. The van der Waals surface area contributed by atoms with E-state index in [1.165, 1.54) is 244 Å². The number of rotatable bonds is 51. The Balaban J connectivity index is 0.000000534. The number of unbranched alkanes of at least 4 members (excludes halogenated alkanes) is 29. The predicted octanol–water partition coefficient (Wildman–Crippen LogP) is 22.3. The van der Waals surface area contributed by atoms with Crippen molar-refractivity contribution in [3.63, 3.8) is 0 Å². The Kier molecular flexibility index (Phi) is 44.5. The van der Waals surface area contributed by atoms with Gasteiger partial charge in [-0.3, -0.25) is 14.4 Å². The first-order valence-corrected chi connectivity index (χ1v) is 34.3. The van der Waals surface area contributed by atoms with Crippen molar-refractivity contribution in [3.8, 4) is 0 Å². The Morgan fingerprint density at radius 3 is 1.15 bits per heavy atom. The Morgan fingerprint density at radius 1 is 0.372 bits per heavy atom. The van der Waals surface area contributed by atoms with Gasteiger partial charge in [0.1, 0.15) is 0 Å². The molecule has 5 unspecified atom stereocenters. The van der Waals surface area contributed by atoms with Crippen LogP contribution in [-0.2, 0) is 40.1 Å². The molecule has 2 aliphatic rings. The van der Waals surface area contributed by atoms with Crippen molar-refractivity contribution in [2.45, 2.75) is 349 Å². The third kappa shape index (κ3) is 34.4. The Morgan fingerprint density at radius 2 is 0.705 bits per heavy atom. The van der Waals surface area contributed by atoms with Crippen molar-refractivity contribution in [1.82, 2.24) is 0 Å². The zero-order chi connectivity index (χ0) is 56.7. The second-order valence-electron chi connectivity index (χ2n) is 24.8. The lowest BCUT2D eigenvalue weighted by atomic mass is 9.62. The molecule has 6 heteroatoms. The fourth-order valence-electron chi connectivity index (χ4n) is 13.3. The van der Waals surface area contributed by atoms with Crippen LogP contribution in [0.5, 0.6) is 0 Å². The van der Waals surface area contributed by atoms with Crippen LogP contribution in [0.4, 0.5) is 0 Å². The van der Waals surface area contributed by atoms with Gasteiger partial charge >= 0.3 is 17.9 Å². The molecular formula is C72H126O6. The van der Waals surface area contributed by atoms with E-state index in [1.54, 1.807) is 27.8 Å². The molecule has 0 aliphatic heterocycles. The zero-order valence-corrected chi connectivity index (χ0v) is 52.0. The number of carboxylic acid groups (broad SMARTS) is 3. The van der Waals surface area contributed by atoms with E-state index < -0.39 is 17.9 Å². The van der Waals surface area contributed by atoms with Crippen LogP contribution < -0.4 is 0 Å². The summed E-state index contributed by atoms with van der Waals surface area (Å²) in [6.07, 6.45) is 66.8. The summed E-state index contributed by atoms with van der Waals surface area (Å²) in [6.45, 7) is 11.5. The van der Waals surface area contributed by atoms with Gasteiger partial charge in [-0.15, -0.1) is 0 Å². The smallest absolute Gasteiger partial charge is 0.303 e. The van der Waals surface area contributed by atoms with Crippen molar-refractivity contribution in [2.24, 2.45) is 29.6 Å². The molecule has 2 aliphatic carbocycles. The van der Waals surface area contributed by atoms with Gasteiger partial charge in [-0.25, -0.2) is 0 Å². The van der Waals surface area contributed by atoms with Crippen LogP contribution in [0.15, 0.2) is 35.9 Å². The Hall–Kier alpha value is -2.89. The maximum atomic E-state index is 10.8. The highest BCUT2D eigenvalue weighted by Gasteiger charge is 2.37. The average molecular weight is 1090 g/mol. The molecule has 0 saturated heterocycles. The second-order valence-corrected chi connectivity index (χ2v) is 24.8. The van der Waals surface area contributed by atoms with Crippen molar-refractivity contribution >= 4 is 17.9 Å². The summed E-state index contributed by atoms with van der Waals surface area (Å²) >= 11 is 0. The molecule has 0 aromatic heterocycles. The molecule has 0 spiro atoms. The molecule has 0 bridgehead atoms. The van der Waals surface area contributed by atoms with Gasteiger partial charge in [0.25, 0.3) is 0 Å². The lowest BCUT2D eigenvalue weighted by Gasteiger charge is -2.42. The van der Waals surface area contributed by atoms with Crippen molar-refractivity contribution < 1.29 is 29.7 Å². The van der Waals surface area contributed by atoms with Crippen LogP contribution in [0.2, 0.25) is 0 Å². The second kappa shape index (κ2) is 48.8. The predicted molar refractivity (Wildman–Crippen MR) is 335 cm³/mol. The number of fused-ring (bicyclic) bond motifs is 1. The van der Waals surface area contributed by atoms with Gasteiger partial charge < -0.3 is 15.3 Å². The van der Waals surface area contributed by atoms with E-state index in [2.05, 4.69) is 65.0 Å². The summed E-state index contributed by atoms with van der Waals surface area (Å²) in [5, 5.41) is 26.7. The van der Waals surface area contributed by atoms with E-state index in [9.17, 15) is 14.4 Å². The molecule has 0 heterocycles. The molecule has 450 valence electrons. The highest BCUT2D eigenvalue weighted by molar-refractivity contribution is 5.67. The SMILES string of the molecule is CCCCCC1C=C2C(C=CC(CCCCCCCC(=O)O)C2CCCCCCCC(=O)O)CC1CCCCC.CCCCCCCCc1ccc(CCCCCC)c(CCCCCCCC)c1CCCCCCCC(=O)O. The maximum Gasteiger partial charge on any atom is 0.303 e. The normalized spacial score (nSPS) is 17.9. The van der Waals surface area contributed by atoms with Gasteiger partial charge in [-0.2, -0.15) is 0 Å². The minimum atomic E-state index is -0.673. The molecule has 0 amide bonds. The van der Waals surface area contributed by atoms with Crippen LogP contribution >= 0.6 is 0 Å². The van der Waals surface area contributed by atoms with Crippen molar-refractivity contribution in [1.29, 1.82) is 0 Å². The van der Waals surface area contributed by atoms with Crippen LogP contribution in [0, 0.1) is 29.6 Å². The quantitative estimate of drug-likeness (QED) is 0.0443. The van der Waals surface area contributed by atoms with E-state index in [0.29, 0.717) is 37.0 Å². The largest absolute Gasteiger partial charge is 0.481 e. The molecule has 0 radical (unpaired) electrons. The minimum absolute atomic E-state index is 0.304. The first-order chi connectivity index (χ1) is 38.1. The monoisotopic (exact) mass is 1090 g/mol. The molecular weight excluding hydrogens is 961 g/mol. The Labute approximate surface area is 482 Å². The van der Waals surface area contributed by atoms with Crippen molar-refractivity contribution in [3.05, 3.63) is 58.2 Å². The number of hydrogen-bond acceptors (Lipinski definition) is 3. The van der Waals surface area contributed by atoms with Gasteiger partial charge in [-0.1, -0.05) is 263 Å². The highest BCUT2D eigenvalue weighted by atomic mass is 16.4. The van der Waals surface area contributed by atoms with Crippen LogP contribution in [0.1, 0.15) is 346 Å². The maximum absolute atomic E-state index is 10.8. The van der Waals surface area contributed by atoms with Gasteiger partial charge in [-0.05, 0) is 155 Å². The van der Waals surface area contributed by atoms with Gasteiger partial charge in [0.2, 0.25) is 0 Å². The van der Waals surface area contributed by atoms with Gasteiger partial charge in [0.05, 0.1) is 0 Å². The first-order valence-electron chi connectivity index (χ1n) is 34.3. The molecule has 0 saturated carbocycles. The number of carboxylic acids is 3. The van der Waals surface area contributed by atoms with E-state index in [-0.39, 0.29) is 0 Å². The van der Waals surface area contributed by atoms with Crippen LogP contribution in [-0.4, -0.2) is 33.2 Å². The van der Waals surface area contributed by atoms with E-state index in [0.717, 1.165) is 63.2 Å². The van der Waals surface area contributed by atoms with E-state index in [4.69, 9.17) is 15.3 Å². The van der Waals surface area contributed by atoms with Crippen LogP contribution in [0.25, 0.3) is 0 Å². The molecule has 78 heavy (non-hydrogen) atoms. The van der Waals surface area contributed by atoms with Gasteiger partial charge in [0.15, 0.2) is 0 Å². The van der Waals surface area contributed by atoms with Crippen molar-refractivity contribution in [2.75, 3.05) is 0 Å². The molecule has 3 rings (SSSR count). The number of hydrogen-bond donors (Lipinski definition) is 3. The lowest BCUT2D eigenvalue weighted by molar-refractivity contribution is -0.138. The third-order valence-corrected chi connectivity index (χ3v) is 18.0.